The number of aliphatic carboxylic acids is 1. The van der Waals surface area contributed by atoms with Crippen molar-refractivity contribution in [2.24, 2.45) is 16.2 Å². The zero-order valence-corrected chi connectivity index (χ0v) is 93.3. The van der Waals surface area contributed by atoms with E-state index < -0.39 is 22.2 Å². The smallest absolute Gasteiger partial charge is 0.550 e. The number of benzene rings is 7. The number of thioether (sulfide) groups is 3. The number of halogens is 1. The third-order valence-corrected chi connectivity index (χ3v) is 27.6. The van der Waals surface area contributed by atoms with Gasteiger partial charge in [0.05, 0.1) is 55.3 Å². The molecule has 0 aliphatic rings. The van der Waals surface area contributed by atoms with E-state index in [1.54, 1.807) is 43.4 Å². The van der Waals surface area contributed by atoms with Gasteiger partial charge < -0.3 is 61.9 Å². The van der Waals surface area contributed by atoms with Crippen LogP contribution in [0.4, 0.5) is 0 Å². The van der Waals surface area contributed by atoms with E-state index in [0.29, 0.717) is 109 Å². The number of pyridine rings is 5. The number of carbonyl (C=O) groups is 3. The number of carboxylic acids is 1. The van der Waals surface area contributed by atoms with Gasteiger partial charge in [-0.15, -0.1) is 46.9 Å². The second kappa shape index (κ2) is 50.5. The number of aromatic nitrogens is 8. The Balaban J connectivity index is 0.000000197. The summed E-state index contributed by atoms with van der Waals surface area (Å²) in [5.74, 6) is 2.73. The molecule has 0 saturated carbocycles. The van der Waals surface area contributed by atoms with E-state index in [9.17, 15) is 24.6 Å². The molecule has 0 bridgehead atoms. The molecular formula is C119H138ClN8NaO12S3. The molecule has 0 atom stereocenters. The third-order valence-electron chi connectivity index (χ3n) is 23.5. The number of ether oxygens (including phenoxy) is 7. The standard InChI is InChI=1S/C40H47N3O4S.C38H43N3O4S.C33H40N2O4S.C8H9Cl.Na/c1-9-45-36-20-16-30(24-42-36)29-14-12-28(13-15-29)25-43-34-19-18-32(47-26-31-17-11-27(3)23-41-31)21-33(34)37(48-39(4,5)6)35(43)22-40(7,8)38(44)46-10-2;1-8-44-34-18-14-28(22-40-34)27-12-10-26(11-13-27)23-41-32-17-16-30(45-24-29-15-9-25(2)21-39-29)19-31(32)35(46-37(3,4)5)33(41)20-38(6,7)36(42)43;1-8-38-29-17-14-24(20-34-29)23-12-10-22(11-13-23)21-35-27-16-15-25(36)18-26(27)30(40-32(3,4)5)28(35)19-33(6,7)31(37)39-9-2;1-7-2-4-8(6-9)5-3-7;/h11-21,23-24H,9-10,22,25-26H2,1-8H3;9-19,21-22H,8,20,23-24H2,1-7H3,(H,42,43);10-18,20,36H,8-9,19,21H2,1-7H3;2-5H,6H2,1H3;/q;;;;+1/p-1. The molecule has 0 unspecified atom stereocenters. The summed E-state index contributed by atoms with van der Waals surface area (Å²) in [6, 6.07) is 71.5. The second-order valence-electron chi connectivity index (χ2n) is 40.6. The van der Waals surface area contributed by atoms with Crippen LogP contribution in [0.15, 0.2) is 258 Å². The summed E-state index contributed by atoms with van der Waals surface area (Å²) in [5, 5.41) is 25.8. The first-order valence-corrected chi connectivity index (χ1v) is 51.9. The minimum atomic E-state index is -1.07. The van der Waals surface area contributed by atoms with Gasteiger partial charge in [0.1, 0.15) is 30.5 Å². The Kier molecular flexibility index (Phi) is 39.6. The summed E-state index contributed by atoms with van der Waals surface area (Å²) >= 11 is 10.9. The molecule has 7 aromatic carbocycles. The number of carbonyl (C=O) groups excluding carboxylic acids is 3. The van der Waals surface area contributed by atoms with Crippen molar-refractivity contribution in [3.05, 3.63) is 311 Å². The van der Waals surface area contributed by atoms with Crippen LogP contribution in [0.5, 0.6) is 34.9 Å². The Labute approximate surface area is 890 Å². The molecule has 8 heterocycles. The normalized spacial score (nSPS) is 11.8. The van der Waals surface area contributed by atoms with Gasteiger partial charge >= 0.3 is 41.5 Å². The summed E-state index contributed by atoms with van der Waals surface area (Å²) in [5.41, 5.74) is 19.9. The molecule has 0 aliphatic carbocycles. The first kappa shape index (κ1) is 113. The van der Waals surface area contributed by atoms with Crippen LogP contribution in [0.25, 0.3) is 66.1 Å². The van der Waals surface area contributed by atoms with E-state index in [-0.39, 0.29) is 61.5 Å². The van der Waals surface area contributed by atoms with Crippen molar-refractivity contribution in [1.82, 2.24) is 38.6 Å². The molecule has 1 N–H and O–H groups in total. The number of aryl methyl sites for hydroxylation is 3. The number of rotatable bonds is 36. The average molecular weight is 2030 g/mol. The molecular weight excluding hydrogens is 1890 g/mol. The van der Waals surface area contributed by atoms with Gasteiger partial charge in [0, 0.05) is 194 Å². The van der Waals surface area contributed by atoms with E-state index in [1.165, 1.54) is 11.1 Å². The molecule has 752 valence electrons. The summed E-state index contributed by atoms with van der Waals surface area (Å²) in [4.78, 5) is 63.9. The van der Waals surface area contributed by atoms with Gasteiger partial charge in [-0.1, -0.05) is 191 Å². The van der Waals surface area contributed by atoms with Crippen LogP contribution in [-0.4, -0.2) is 109 Å². The summed E-state index contributed by atoms with van der Waals surface area (Å²) in [6.45, 7) is 51.7. The summed E-state index contributed by atoms with van der Waals surface area (Å²) in [7, 11) is 0. The number of alkyl halides is 1. The van der Waals surface area contributed by atoms with Gasteiger partial charge in [0.25, 0.3) is 0 Å². The monoisotopic (exact) mass is 2020 g/mol. The van der Waals surface area contributed by atoms with E-state index in [2.05, 4.69) is 217 Å². The molecule has 0 amide bonds. The molecule has 15 rings (SSSR count). The van der Waals surface area contributed by atoms with Crippen molar-refractivity contribution in [3.63, 3.8) is 0 Å². The number of hydrogen-bond acceptors (Lipinski definition) is 20. The van der Waals surface area contributed by atoms with Crippen LogP contribution in [0.1, 0.15) is 206 Å². The van der Waals surface area contributed by atoms with Crippen LogP contribution in [0.3, 0.4) is 0 Å². The Hall–Kier alpha value is -11.5. The molecule has 0 spiro atoms. The van der Waals surface area contributed by atoms with E-state index in [0.717, 1.165) is 149 Å². The number of fused-ring (bicyclic) bond motifs is 3. The number of carboxylic acid groups (broad SMARTS) is 1. The Bertz CT molecular complexity index is 6770. The second-order valence-corrected chi connectivity index (χ2v) is 46.4. The van der Waals surface area contributed by atoms with Crippen LogP contribution < -0.4 is 58.3 Å². The van der Waals surface area contributed by atoms with Crippen LogP contribution >= 0.6 is 46.9 Å². The van der Waals surface area contributed by atoms with E-state index in [1.807, 2.05) is 216 Å². The summed E-state index contributed by atoms with van der Waals surface area (Å²) in [6.07, 6.45) is 10.6. The van der Waals surface area contributed by atoms with Crippen molar-refractivity contribution in [2.45, 2.75) is 246 Å². The molecule has 0 fully saturated rings. The molecule has 20 nitrogen and oxygen atoms in total. The molecule has 15 aromatic rings. The number of esters is 2. The molecule has 0 radical (unpaired) electrons. The third kappa shape index (κ3) is 31.3. The van der Waals surface area contributed by atoms with Gasteiger partial charge in [-0.25, -0.2) is 15.0 Å². The van der Waals surface area contributed by atoms with Crippen molar-refractivity contribution < 1.29 is 87.3 Å². The minimum absolute atomic E-state index is 0. The first-order chi connectivity index (χ1) is 67.9. The fraction of sp³-hybridized carbons (Fsp3) is 0.361. The molecule has 25 heteroatoms. The van der Waals surface area contributed by atoms with Crippen molar-refractivity contribution in [1.29, 1.82) is 0 Å². The fourth-order valence-electron chi connectivity index (χ4n) is 16.2. The van der Waals surface area contributed by atoms with Gasteiger partial charge in [0.2, 0.25) is 17.6 Å². The topological polar surface area (TPSA) is 238 Å². The van der Waals surface area contributed by atoms with Crippen molar-refractivity contribution in [2.75, 3.05) is 33.0 Å². The number of hydrogen-bond donors (Lipinski definition) is 1. The van der Waals surface area contributed by atoms with Gasteiger partial charge in [-0.2, -0.15) is 0 Å². The van der Waals surface area contributed by atoms with Gasteiger partial charge in [-0.3, -0.25) is 19.6 Å². The quantitative estimate of drug-likeness (QED) is 0.0166. The Morgan fingerprint density at radius 2 is 0.653 bits per heavy atom. The molecule has 0 aliphatic heterocycles. The number of nitrogens with zero attached hydrogens (tertiary/aromatic N) is 8. The maximum atomic E-state index is 13.2. The number of aromatic hydroxyl groups is 1. The zero-order chi connectivity index (χ0) is 103. The molecule has 8 aromatic heterocycles. The Morgan fingerprint density at radius 1 is 0.347 bits per heavy atom. The maximum Gasteiger partial charge on any atom is 1.00 e. The SMILES string of the molecule is CCOC(=O)C(C)(C)Cc1c(SC(C)(C)C)c2cc(O)ccc2n1Cc1ccc(-c2ccc(OCC)nc2)cc1.CCOC(=O)C(C)(C)Cc1c(SC(C)(C)C)c2cc(OCc3ccc(C)cn3)ccc2n1Cc1ccc(-c2ccc(OCC)nc2)cc1.CCOc1ccc(-c2ccc(Cn3c(CC(C)(C)C(=O)[O-])c(SC(C)(C)C)c4cc(OCc5ccc(C)cn5)ccc43)cc2)cn1.Cc1ccc(CCl)cc1.[Na+]. The fourth-order valence-corrected chi connectivity index (χ4v) is 19.9. The predicted molar refractivity (Wildman–Crippen MR) is 582 cm³/mol. The molecule has 0 saturated heterocycles. The predicted octanol–water partition coefficient (Wildman–Crippen LogP) is 24.7. The van der Waals surface area contributed by atoms with Crippen LogP contribution in [-0.2, 0) is 81.8 Å². The number of phenolic OH excluding ortho intramolecular Hbond substituents is 1. The minimum Gasteiger partial charge on any atom is -0.550 e. The van der Waals surface area contributed by atoms with E-state index in [4.69, 9.17) is 44.8 Å². The molecule has 144 heavy (non-hydrogen) atoms. The zero-order valence-electron chi connectivity index (χ0n) is 88.1. The summed E-state index contributed by atoms with van der Waals surface area (Å²) < 4.78 is 46.6. The van der Waals surface area contributed by atoms with Gasteiger partial charge in [0.15, 0.2) is 0 Å². The largest absolute Gasteiger partial charge is 1.00 e. The van der Waals surface area contributed by atoms with Crippen LogP contribution in [0, 0.1) is 37.0 Å². The van der Waals surface area contributed by atoms with E-state index >= 15 is 0 Å². The number of phenols is 1. The van der Waals surface area contributed by atoms with Gasteiger partial charge in [-0.05, 0) is 225 Å². The van der Waals surface area contributed by atoms with Crippen LogP contribution in [0.2, 0.25) is 0 Å². The van der Waals surface area contributed by atoms with Crippen molar-refractivity contribution in [3.8, 4) is 68.3 Å². The Morgan fingerprint density at radius 3 is 0.938 bits per heavy atom. The average Bonchev–Trinajstić information content (AvgIpc) is 1.64. The maximum absolute atomic E-state index is 13.2. The van der Waals surface area contributed by atoms with Crippen molar-refractivity contribution >= 4 is 97.5 Å². The first-order valence-electron chi connectivity index (χ1n) is 49.0.